The Morgan fingerprint density at radius 3 is 2.60 bits per heavy atom. The lowest BCUT2D eigenvalue weighted by molar-refractivity contribution is -0.0182. The van der Waals surface area contributed by atoms with Gasteiger partial charge in [-0.15, -0.1) is 0 Å². The number of carbonyl (C=O) groups excluding carboxylic acids is 1. The molecule has 1 fully saturated rings. The number of anilines is 2. The van der Waals surface area contributed by atoms with Gasteiger partial charge < -0.3 is 14.7 Å². The summed E-state index contributed by atoms with van der Waals surface area (Å²) in [7, 11) is 0. The number of aliphatic hydroxyl groups is 1. The summed E-state index contributed by atoms with van der Waals surface area (Å²) in [5, 5.41) is 21.9. The van der Waals surface area contributed by atoms with Gasteiger partial charge in [-0.25, -0.2) is 0 Å². The van der Waals surface area contributed by atoms with Crippen LogP contribution < -0.4 is 9.19 Å². The summed E-state index contributed by atoms with van der Waals surface area (Å²) in [5.41, 5.74) is 1.98. The average molecular weight is 529 g/mol. The van der Waals surface area contributed by atoms with Gasteiger partial charge in [0.25, 0.3) is 5.91 Å². The van der Waals surface area contributed by atoms with Crippen LogP contribution in [0.4, 0.5) is 11.4 Å². The molecule has 1 aliphatic heterocycles. The summed E-state index contributed by atoms with van der Waals surface area (Å²) in [5.74, 6) is -0.0974. The topological polar surface area (TPSA) is 115 Å². The lowest BCUT2D eigenvalue weighted by atomic mass is 9.89. The van der Waals surface area contributed by atoms with Gasteiger partial charge in [0.15, 0.2) is 0 Å². The van der Waals surface area contributed by atoms with E-state index in [1.807, 2.05) is 6.07 Å². The highest BCUT2D eigenvalue weighted by molar-refractivity contribution is 8.01. The van der Waals surface area contributed by atoms with Gasteiger partial charge in [0.05, 0.1) is 33.7 Å². The van der Waals surface area contributed by atoms with E-state index in [-0.39, 0.29) is 5.91 Å². The second-order valence-electron chi connectivity index (χ2n) is 8.07. The van der Waals surface area contributed by atoms with Crippen LogP contribution >= 0.6 is 35.3 Å². The predicted octanol–water partition coefficient (Wildman–Crippen LogP) is 4.73. The fourth-order valence-electron chi connectivity index (χ4n) is 3.98. The minimum absolute atomic E-state index is 0.0974. The number of nitrogens with one attached hydrogen (secondary N) is 1. The van der Waals surface area contributed by atoms with E-state index in [4.69, 9.17) is 11.6 Å². The van der Waals surface area contributed by atoms with Gasteiger partial charge in [-0.2, -0.15) is 8.84 Å². The molecule has 0 bridgehead atoms. The van der Waals surface area contributed by atoms with Gasteiger partial charge in [0.1, 0.15) is 16.8 Å². The minimum atomic E-state index is -1.05. The molecular formula is C23H21ClN6O3S2. The molecule has 1 aliphatic rings. The van der Waals surface area contributed by atoms with Crippen molar-refractivity contribution in [2.45, 2.75) is 18.4 Å². The summed E-state index contributed by atoms with van der Waals surface area (Å²) in [6.07, 6.45) is 5.52. The molecule has 12 heteroatoms. The molecule has 5 rings (SSSR count). The number of halogens is 1. The summed E-state index contributed by atoms with van der Waals surface area (Å²) in [6.45, 7) is 0.847. The van der Waals surface area contributed by atoms with Crippen LogP contribution in [0.3, 0.4) is 0 Å². The van der Waals surface area contributed by atoms with Crippen LogP contribution in [0.25, 0.3) is 11.0 Å². The van der Waals surface area contributed by atoms with E-state index in [1.54, 1.807) is 53.7 Å². The molecule has 1 saturated heterocycles. The molecule has 2 aromatic carbocycles. The molecule has 4 aromatic rings. The Balaban J connectivity index is 1.18. The molecule has 0 radical (unpaired) electrons. The SMILES string of the molecule is O=C(c1ccc(NSN(O)c2cccc3nccnc23)cc1)N1CCC(O)(c2sncc2Cl)CC1. The largest absolute Gasteiger partial charge is 0.384 e. The lowest BCUT2D eigenvalue weighted by Gasteiger charge is -2.37. The number of nitrogens with zero attached hydrogens (tertiary/aromatic N) is 5. The van der Waals surface area contributed by atoms with Crippen molar-refractivity contribution in [1.82, 2.24) is 19.2 Å². The van der Waals surface area contributed by atoms with E-state index >= 15 is 0 Å². The molecule has 3 heterocycles. The third-order valence-corrected chi connectivity index (χ3v) is 7.98. The number of likely N-dealkylation sites (tertiary alicyclic amines) is 1. The zero-order chi connectivity index (χ0) is 24.4. The van der Waals surface area contributed by atoms with Crippen molar-refractivity contribution in [2.75, 3.05) is 22.3 Å². The number of para-hydroxylation sites is 1. The molecule has 3 N–H and O–H groups in total. The van der Waals surface area contributed by atoms with Gasteiger partial charge >= 0.3 is 0 Å². The molecular weight excluding hydrogens is 508 g/mol. The van der Waals surface area contributed by atoms with Crippen molar-refractivity contribution in [3.63, 3.8) is 0 Å². The Labute approximate surface area is 214 Å². The predicted molar refractivity (Wildman–Crippen MR) is 138 cm³/mol. The number of aromatic nitrogens is 3. The van der Waals surface area contributed by atoms with Crippen molar-refractivity contribution in [3.8, 4) is 0 Å². The first kappa shape index (κ1) is 23.8. The number of hydrogen-bond donors (Lipinski definition) is 3. The van der Waals surface area contributed by atoms with E-state index < -0.39 is 5.60 Å². The lowest BCUT2D eigenvalue weighted by Crippen LogP contribution is -2.45. The van der Waals surface area contributed by atoms with Crippen molar-refractivity contribution in [1.29, 1.82) is 0 Å². The Bertz CT molecular complexity index is 1340. The van der Waals surface area contributed by atoms with Crippen LogP contribution in [0.15, 0.2) is 61.1 Å². The zero-order valence-electron chi connectivity index (χ0n) is 18.3. The Hall–Kier alpha value is -2.96. The van der Waals surface area contributed by atoms with Crippen molar-refractivity contribution < 1.29 is 15.1 Å². The number of piperidine rings is 1. The van der Waals surface area contributed by atoms with Crippen LogP contribution in [0.1, 0.15) is 28.1 Å². The van der Waals surface area contributed by atoms with E-state index in [0.29, 0.717) is 63.8 Å². The number of hydrogen-bond acceptors (Lipinski definition) is 10. The van der Waals surface area contributed by atoms with E-state index in [0.717, 1.165) is 16.6 Å². The first-order chi connectivity index (χ1) is 16.9. The first-order valence-corrected chi connectivity index (χ1v) is 12.7. The monoisotopic (exact) mass is 528 g/mol. The fourth-order valence-corrected chi connectivity index (χ4v) is 5.72. The van der Waals surface area contributed by atoms with E-state index in [1.165, 1.54) is 17.7 Å². The van der Waals surface area contributed by atoms with Crippen LogP contribution in [0, 0.1) is 0 Å². The Morgan fingerprint density at radius 1 is 1.14 bits per heavy atom. The van der Waals surface area contributed by atoms with Crippen molar-refractivity contribution >= 4 is 63.6 Å². The molecule has 0 saturated carbocycles. The number of fused-ring (bicyclic) bond motifs is 1. The second-order valence-corrected chi connectivity index (χ2v) is 10.0. The van der Waals surface area contributed by atoms with Crippen molar-refractivity contribution in [3.05, 3.63) is 76.5 Å². The van der Waals surface area contributed by atoms with E-state index in [9.17, 15) is 15.1 Å². The third-order valence-electron chi connectivity index (χ3n) is 5.89. The quantitative estimate of drug-likeness (QED) is 0.241. The zero-order valence-corrected chi connectivity index (χ0v) is 20.7. The molecule has 9 nitrogen and oxygen atoms in total. The van der Waals surface area contributed by atoms with Crippen LogP contribution in [0.5, 0.6) is 0 Å². The fraction of sp³-hybridized carbons (Fsp3) is 0.217. The molecule has 180 valence electrons. The number of carbonyl (C=O) groups is 1. The van der Waals surface area contributed by atoms with Gasteiger partial charge in [-0.1, -0.05) is 17.7 Å². The molecule has 0 spiro atoms. The van der Waals surface area contributed by atoms with Crippen LogP contribution in [-0.2, 0) is 5.60 Å². The average Bonchev–Trinajstić information content (AvgIpc) is 3.34. The van der Waals surface area contributed by atoms with Gasteiger partial charge in [-0.3, -0.25) is 20.0 Å². The van der Waals surface area contributed by atoms with Gasteiger partial charge in [0, 0.05) is 36.7 Å². The maximum atomic E-state index is 13.0. The molecule has 0 atom stereocenters. The number of benzene rings is 2. The van der Waals surface area contributed by atoms with Crippen molar-refractivity contribution in [2.24, 2.45) is 0 Å². The number of rotatable bonds is 6. The Kier molecular flexibility index (Phi) is 6.76. The van der Waals surface area contributed by atoms with Gasteiger partial charge in [0.2, 0.25) is 0 Å². The third kappa shape index (κ3) is 4.91. The molecule has 1 amide bonds. The summed E-state index contributed by atoms with van der Waals surface area (Å²) in [6, 6.07) is 12.4. The second kappa shape index (κ2) is 9.96. The van der Waals surface area contributed by atoms with E-state index in [2.05, 4.69) is 19.1 Å². The minimum Gasteiger partial charge on any atom is -0.384 e. The van der Waals surface area contributed by atoms with Crippen LogP contribution in [0.2, 0.25) is 5.02 Å². The highest BCUT2D eigenvalue weighted by Gasteiger charge is 2.38. The molecule has 0 unspecified atom stereocenters. The highest BCUT2D eigenvalue weighted by Crippen LogP contribution is 2.39. The van der Waals surface area contributed by atoms with Crippen LogP contribution in [-0.4, -0.2) is 48.6 Å². The first-order valence-electron chi connectivity index (χ1n) is 10.8. The Morgan fingerprint density at radius 2 is 1.89 bits per heavy atom. The normalized spacial score (nSPS) is 15.2. The summed E-state index contributed by atoms with van der Waals surface area (Å²) >= 11 is 8.32. The smallest absolute Gasteiger partial charge is 0.253 e. The summed E-state index contributed by atoms with van der Waals surface area (Å²) < 4.78 is 8.09. The maximum absolute atomic E-state index is 13.0. The maximum Gasteiger partial charge on any atom is 0.253 e. The number of amides is 1. The standard InChI is InChI=1S/C23H21ClN6O3S2/c24-17-14-27-34-21(17)23(32)8-12-29(13-9-23)22(31)15-4-6-16(7-5-15)28-35-30(33)19-3-1-2-18-20(19)26-11-10-25-18/h1-7,10-11,14,28,32-33H,8-9,12-13H2. The highest BCUT2D eigenvalue weighted by atomic mass is 35.5. The molecule has 2 aromatic heterocycles. The summed E-state index contributed by atoms with van der Waals surface area (Å²) in [4.78, 5) is 23.9. The molecule has 35 heavy (non-hydrogen) atoms. The van der Waals surface area contributed by atoms with Gasteiger partial charge in [-0.05, 0) is 60.8 Å². The molecule has 0 aliphatic carbocycles.